The maximum atomic E-state index is 14.5. The quantitative estimate of drug-likeness (QED) is 0.0417. The van der Waals surface area contributed by atoms with Crippen LogP contribution in [0, 0.1) is 30.2 Å². The van der Waals surface area contributed by atoms with Gasteiger partial charge in [-0.05, 0) is 253 Å². The minimum absolute atomic E-state index is 0.0232. The molecule has 12 aromatic heterocycles. The van der Waals surface area contributed by atoms with Crippen molar-refractivity contribution in [2.24, 2.45) is 0 Å². The molecule has 724 valence electrons. The van der Waals surface area contributed by atoms with E-state index >= 15 is 0 Å². The summed E-state index contributed by atoms with van der Waals surface area (Å²) in [6, 6.07) is 71.5. The van der Waals surface area contributed by atoms with Gasteiger partial charge in [0.25, 0.3) is 0 Å². The lowest BCUT2D eigenvalue weighted by atomic mass is 9.89. The average molecular weight is 1930 g/mol. The fourth-order valence-corrected chi connectivity index (χ4v) is 21.1. The Balaban J connectivity index is 0.000000110. The van der Waals surface area contributed by atoms with Gasteiger partial charge in [-0.1, -0.05) is 66.7 Å². The topological polar surface area (TPSA) is 310 Å². The molecule has 5 saturated heterocycles. The predicted molar refractivity (Wildman–Crippen MR) is 544 cm³/mol. The third-order valence-electron chi connectivity index (χ3n) is 28.5. The van der Waals surface area contributed by atoms with Crippen LogP contribution in [-0.4, -0.2) is 184 Å². The van der Waals surface area contributed by atoms with Gasteiger partial charge in [-0.25, -0.2) is 31.7 Å². The highest BCUT2D eigenvalue weighted by atomic mass is 19.1. The van der Waals surface area contributed by atoms with E-state index in [2.05, 4.69) is 145 Å². The number of hydrogen-bond acceptors (Lipinski definition) is 19. The highest BCUT2D eigenvalue weighted by Gasteiger charge is 2.45. The molecule has 2 amide bonds. The Hall–Kier alpha value is -16.3. The summed E-state index contributed by atoms with van der Waals surface area (Å²) in [5, 5.41) is 61.1. The minimum Gasteiger partial charge on any atom is -0.496 e. The van der Waals surface area contributed by atoms with Crippen molar-refractivity contribution in [1.29, 1.82) is 0 Å². The molecule has 17 heterocycles. The first-order valence-electron chi connectivity index (χ1n) is 49.0. The molecule has 0 spiro atoms. The van der Waals surface area contributed by atoms with Gasteiger partial charge in [-0.3, -0.25) is 59.7 Å². The van der Waals surface area contributed by atoms with Crippen LogP contribution < -0.4 is 10.1 Å². The molecule has 5 aliphatic heterocycles. The normalized spacial score (nSPS) is 17.7. The zero-order valence-electron chi connectivity index (χ0n) is 79.5. The number of aromatic nitrogens is 20. The number of halogens is 4. The van der Waals surface area contributed by atoms with E-state index in [9.17, 15) is 22.4 Å². The number of fused-ring (bicyclic) bond motifs is 6. The van der Waals surface area contributed by atoms with Crippen molar-refractivity contribution >= 4 is 49.6 Å². The number of H-pyrrole nitrogens is 4. The number of rotatable bonds is 21. The summed E-state index contributed by atoms with van der Waals surface area (Å²) in [4.78, 5) is 38.2. The number of amides is 2. The molecule has 6 unspecified atom stereocenters. The summed E-state index contributed by atoms with van der Waals surface area (Å²) in [5.41, 5.74) is 22.0. The Bertz CT molecular complexity index is 7860. The maximum Gasteiger partial charge on any atom is 0.317 e. The van der Waals surface area contributed by atoms with Gasteiger partial charge in [0.15, 0.2) is 0 Å². The standard InChI is InChI=1S/C29H27FN6O.C28H27FN6O.C28H27N7O.C27H24F2N6/c1-17-14-18(12-13-31-17)27-23-15-19(6-10-25(23)32-33-27)28-34-35-29(37-28)22-9-7-21-8-11-26(22)36(21)16-20-4-2-3-5-24(20)30;1-36-27-6-2-5-24(29)23(27)18-34-14-3-4-20(17-34)25-11-15-35(33-25)21-7-8-26-22(16-21)28(32-31-26)19-9-12-30-13-10-19;36-28(30-16-20-5-2-1-3-6-20)34-14-4-7-24(19-34)35-18-23(17-31-35)22-8-9-26-25(15-22)27(33-32-26)21-10-12-29-13-11-21;28-23-4-1-5-24(29)22(23)17-34-13-2-3-19(16-34)25-10-14-35(33-25)20-6-7-26-21(15-20)27(32-31-26)18-8-11-30-12-9-18/h2-6,10,12-15,21-22,26H,7-9,11,16H2,1H3,(H,32,33);2,5-13,15-16,20H,3-4,14,17-18H2,1H3,(H,31,32);1-3,5-6,8-13,15,17-18,24H,4,7,14,16,19H2,(H,30,36)(H,32,33);1,4-12,14-15,19H,2-3,13,16-17H2,(H,31,32). The van der Waals surface area contributed by atoms with Gasteiger partial charge in [-0.2, -0.15) is 35.7 Å². The summed E-state index contributed by atoms with van der Waals surface area (Å²) in [7, 11) is 1.59. The van der Waals surface area contributed by atoms with Crippen molar-refractivity contribution in [2.45, 2.75) is 133 Å². The third-order valence-corrected chi connectivity index (χ3v) is 28.5. The summed E-state index contributed by atoms with van der Waals surface area (Å²) in [6.45, 7) is 8.64. The second-order valence-electron chi connectivity index (χ2n) is 37.6. The second-order valence-corrected chi connectivity index (χ2v) is 37.6. The molecular formula is C112H105F4N25O3. The highest BCUT2D eigenvalue weighted by Crippen LogP contribution is 2.46. The maximum absolute atomic E-state index is 14.5. The smallest absolute Gasteiger partial charge is 0.317 e. The highest BCUT2D eigenvalue weighted by molar-refractivity contribution is 5.98. The molecular weight excluding hydrogens is 1820 g/mol. The van der Waals surface area contributed by atoms with E-state index in [-0.39, 0.29) is 53.7 Å². The number of methoxy groups -OCH3 is 1. The zero-order chi connectivity index (χ0) is 97.5. The van der Waals surface area contributed by atoms with E-state index in [0.29, 0.717) is 61.2 Å². The molecule has 0 radical (unpaired) electrons. The predicted octanol–water partition coefficient (Wildman–Crippen LogP) is 21.9. The van der Waals surface area contributed by atoms with E-state index in [1.807, 2.05) is 184 Å². The Morgan fingerprint density at radius 3 is 1.58 bits per heavy atom. The first-order chi connectivity index (χ1) is 70.7. The van der Waals surface area contributed by atoms with Crippen molar-refractivity contribution in [2.75, 3.05) is 46.4 Å². The van der Waals surface area contributed by atoms with Crippen LogP contribution >= 0.6 is 0 Å². The zero-order valence-corrected chi connectivity index (χ0v) is 79.5. The van der Waals surface area contributed by atoms with Crippen molar-refractivity contribution in [3.63, 3.8) is 0 Å². The van der Waals surface area contributed by atoms with Gasteiger partial charge >= 0.3 is 6.03 Å². The van der Waals surface area contributed by atoms with Gasteiger partial charge in [0, 0.05) is 216 Å². The van der Waals surface area contributed by atoms with Crippen LogP contribution in [0.25, 0.3) is 123 Å². The fraction of sp³-hybridized carbons (Fsp3) is 0.250. The molecule has 8 aromatic carbocycles. The van der Waals surface area contributed by atoms with Crippen LogP contribution in [0.4, 0.5) is 22.4 Å². The molecule has 0 saturated carbocycles. The number of aryl methyl sites for hydroxylation is 1. The number of urea groups is 1. The number of nitrogens with one attached hydrogen (secondary N) is 5. The number of hydrogen-bond donors (Lipinski definition) is 5. The number of benzene rings is 8. The number of pyridine rings is 4. The fourth-order valence-electron chi connectivity index (χ4n) is 21.1. The minimum atomic E-state index is -0.489. The Morgan fingerprint density at radius 2 is 0.979 bits per heavy atom. The van der Waals surface area contributed by atoms with E-state index in [1.165, 1.54) is 24.3 Å². The van der Waals surface area contributed by atoms with Crippen LogP contribution in [0.2, 0.25) is 0 Å². The summed E-state index contributed by atoms with van der Waals surface area (Å²) < 4.78 is 74.7. The molecule has 5 N–H and O–H groups in total. The Kier molecular flexibility index (Phi) is 26.9. The van der Waals surface area contributed by atoms with E-state index in [0.717, 1.165) is 242 Å². The molecule has 25 rings (SSSR count). The largest absolute Gasteiger partial charge is 0.496 e. The summed E-state index contributed by atoms with van der Waals surface area (Å²) in [5.74, 6) is 1.11. The van der Waals surface area contributed by atoms with Crippen molar-refractivity contribution in [3.05, 3.63) is 361 Å². The van der Waals surface area contributed by atoms with Crippen LogP contribution in [0.1, 0.15) is 133 Å². The Morgan fingerprint density at radius 1 is 0.458 bits per heavy atom. The molecule has 0 aliphatic carbocycles. The van der Waals surface area contributed by atoms with Gasteiger partial charge in [0.2, 0.25) is 11.8 Å². The molecule has 32 heteroatoms. The molecule has 28 nitrogen and oxygen atoms in total. The lowest BCUT2D eigenvalue weighted by Gasteiger charge is -2.38. The Labute approximate surface area is 827 Å². The lowest BCUT2D eigenvalue weighted by Crippen LogP contribution is -2.45. The molecule has 6 atom stereocenters. The summed E-state index contributed by atoms with van der Waals surface area (Å²) >= 11 is 0. The number of aromatic amines is 4. The lowest BCUT2D eigenvalue weighted by molar-refractivity contribution is 0.102. The first kappa shape index (κ1) is 92.7. The number of carbonyl (C=O) groups excluding carboxylic acids is 1. The first-order valence-corrected chi connectivity index (χ1v) is 49.0. The third kappa shape index (κ3) is 20.1. The van der Waals surface area contributed by atoms with Crippen LogP contribution in [-0.2, 0) is 26.2 Å². The SMILES string of the molecule is COc1cccc(F)c1CN1CCCC(c2ccn(-c3ccc4[nH]nc(-c5ccncc5)c4c3)n2)C1.Cc1cc(-c2n[nH]c3ccc(-c4nnc(C5CCC6CCC5N6Cc5ccccc5F)o4)cc23)ccn1.Fc1cccc(F)c1CN1CCCC(c2ccn(-c3ccc4[nH]nc(-c5ccncc5)c4c3)n2)C1.O=C(NCc1ccccc1)N1CCCC(n2cc(-c3ccc4[nH]nc(-c5ccncc5)c4c3)cn2)C1. The second kappa shape index (κ2) is 41.8. The number of likely N-dealkylation sites (tertiary alicyclic amines) is 3. The van der Waals surface area contributed by atoms with Crippen LogP contribution in [0.5, 0.6) is 5.75 Å². The number of nitrogens with zero attached hydrogens (tertiary/aromatic N) is 20. The van der Waals surface area contributed by atoms with Gasteiger partial charge in [-0.15, -0.1) is 10.2 Å². The molecule has 2 bridgehead atoms. The van der Waals surface area contributed by atoms with Crippen molar-refractivity contribution < 1.29 is 31.5 Å². The van der Waals surface area contributed by atoms with E-state index in [4.69, 9.17) is 19.4 Å². The van der Waals surface area contributed by atoms with Crippen LogP contribution in [0.15, 0.2) is 297 Å². The van der Waals surface area contributed by atoms with E-state index in [1.54, 1.807) is 68.7 Å². The van der Waals surface area contributed by atoms with Crippen molar-refractivity contribution in [1.82, 2.24) is 125 Å². The summed E-state index contributed by atoms with van der Waals surface area (Å²) in [6.07, 6.45) is 30.7. The van der Waals surface area contributed by atoms with Crippen molar-refractivity contribution in [3.8, 4) is 84.7 Å². The molecule has 144 heavy (non-hydrogen) atoms. The van der Waals surface area contributed by atoms with Gasteiger partial charge in [0.1, 0.15) is 51.8 Å². The molecule has 20 aromatic rings. The average Bonchev–Trinajstić information content (AvgIpc) is 1.66. The monoisotopic (exact) mass is 1920 g/mol. The van der Waals surface area contributed by atoms with Gasteiger partial charge in [0.05, 0.1) is 70.1 Å². The molecule has 5 aliphatic rings. The molecule has 5 fully saturated rings. The number of piperidine rings is 4. The number of carbonyl (C=O) groups is 1. The number of ether oxygens (including phenoxy) is 1. The van der Waals surface area contributed by atoms with Crippen LogP contribution in [0.3, 0.4) is 0 Å². The van der Waals surface area contributed by atoms with E-state index < -0.39 is 11.6 Å². The van der Waals surface area contributed by atoms with Gasteiger partial charge < -0.3 is 19.4 Å².